The van der Waals surface area contributed by atoms with Crippen LogP contribution in [0.2, 0.25) is 0 Å². The second-order valence-corrected chi connectivity index (χ2v) is 6.92. The Morgan fingerprint density at radius 3 is 2.87 bits per heavy atom. The van der Waals surface area contributed by atoms with E-state index in [9.17, 15) is 14.9 Å². The zero-order valence-electron chi connectivity index (χ0n) is 17.0. The molecule has 0 aliphatic heterocycles. The van der Waals surface area contributed by atoms with E-state index in [1.807, 2.05) is 13.0 Å². The molecule has 4 rings (SSSR count). The van der Waals surface area contributed by atoms with Crippen molar-refractivity contribution < 1.29 is 13.9 Å². The number of fused-ring (bicyclic) bond motifs is 2. The number of hydrogen-bond acceptors (Lipinski definition) is 6. The van der Waals surface area contributed by atoms with E-state index in [0.717, 1.165) is 5.56 Å². The Labute approximate surface area is 176 Å². The Kier molecular flexibility index (Phi) is 5.47. The lowest BCUT2D eigenvalue weighted by atomic mass is 10.2. The van der Waals surface area contributed by atoms with Crippen molar-refractivity contribution in [3.05, 3.63) is 75.5 Å². The molecule has 0 aliphatic rings. The van der Waals surface area contributed by atoms with Crippen LogP contribution < -0.4 is 11.0 Å². The van der Waals surface area contributed by atoms with E-state index in [0.29, 0.717) is 30.9 Å². The van der Waals surface area contributed by atoms with Crippen LogP contribution in [0.25, 0.3) is 16.7 Å². The first-order chi connectivity index (χ1) is 15.0. The van der Waals surface area contributed by atoms with Crippen molar-refractivity contribution in [2.24, 2.45) is 4.99 Å². The fraction of sp³-hybridized carbons (Fsp3) is 0.227. The van der Waals surface area contributed by atoms with Gasteiger partial charge < -0.3 is 13.7 Å². The molecule has 0 saturated heterocycles. The molecule has 0 N–H and O–H groups in total. The van der Waals surface area contributed by atoms with E-state index < -0.39 is 5.91 Å². The number of nitrogens with zero attached hydrogens (tertiary/aromatic N) is 5. The highest BCUT2D eigenvalue weighted by Gasteiger charge is 2.16. The van der Waals surface area contributed by atoms with Crippen LogP contribution in [0.5, 0.6) is 0 Å². The Balaban J connectivity index is 2.10. The molecule has 1 amide bonds. The molecule has 0 unspecified atom stereocenters. The number of pyridine rings is 2. The van der Waals surface area contributed by atoms with E-state index >= 15 is 0 Å². The Bertz CT molecular complexity index is 1460. The minimum absolute atomic E-state index is 0.0508. The van der Waals surface area contributed by atoms with Crippen molar-refractivity contribution >= 4 is 22.6 Å². The standard InChI is InChI=1S/C22H19N5O4/c1-14-6-3-8-27-18(14)24-20-16(22(27)29)12-15(13-23)19(26(20)9-5-10-30-2)25-21(28)17-7-4-11-31-17/h3-4,6-8,11-12H,5,9-10H2,1-2H3. The van der Waals surface area contributed by atoms with E-state index in [4.69, 9.17) is 14.1 Å². The first-order valence-electron chi connectivity index (χ1n) is 9.62. The SMILES string of the molecule is COCCCn1c(=NC(=O)c2ccco2)c(C#N)cc2c(=O)n3cccc(C)c3nc21. The van der Waals surface area contributed by atoms with E-state index in [2.05, 4.69) is 11.1 Å². The van der Waals surface area contributed by atoms with Gasteiger partial charge in [0.15, 0.2) is 11.2 Å². The van der Waals surface area contributed by atoms with Gasteiger partial charge in [0.2, 0.25) is 0 Å². The normalized spacial score (nSPS) is 11.8. The number of hydrogen-bond donors (Lipinski definition) is 0. The summed E-state index contributed by atoms with van der Waals surface area (Å²) in [4.78, 5) is 34.6. The van der Waals surface area contributed by atoms with Gasteiger partial charge in [-0.05, 0) is 43.2 Å². The van der Waals surface area contributed by atoms with E-state index in [-0.39, 0.29) is 27.8 Å². The number of nitriles is 1. The zero-order valence-corrected chi connectivity index (χ0v) is 17.0. The van der Waals surface area contributed by atoms with Crippen molar-refractivity contribution in [2.45, 2.75) is 19.9 Å². The Hall–Kier alpha value is -4.03. The first kappa shape index (κ1) is 20.3. The molecule has 156 valence electrons. The summed E-state index contributed by atoms with van der Waals surface area (Å²) in [5, 5.41) is 10.0. The average molecular weight is 417 g/mol. The van der Waals surface area contributed by atoms with Gasteiger partial charge in [-0.1, -0.05) is 6.07 Å². The van der Waals surface area contributed by atoms with Crippen molar-refractivity contribution in [3.8, 4) is 6.07 Å². The maximum atomic E-state index is 13.2. The molecule has 0 spiro atoms. The van der Waals surface area contributed by atoms with Gasteiger partial charge in [-0.3, -0.25) is 14.0 Å². The van der Waals surface area contributed by atoms with Crippen LogP contribution in [-0.4, -0.2) is 33.6 Å². The first-order valence-corrected chi connectivity index (χ1v) is 9.62. The third-order valence-electron chi connectivity index (χ3n) is 4.90. The summed E-state index contributed by atoms with van der Waals surface area (Å²) in [6.45, 7) is 2.65. The number of carbonyl (C=O) groups excluding carboxylic acids is 1. The summed E-state index contributed by atoms with van der Waals surface area (Å²) in [5.41, 5.74) is 1.58. The number of amides is 1. The van der Waals surface area contributed by atoms with Crippen LogP contribution in [-0.2, 0) is 11.3 Å². The van der Waals surface area contributed by atoms with Gasteiger partial charge in [0.1, 0.15) is 17.4 Å². The van der Waals surface area contributed by atoms with Crippen LogP contribution in [0.3, 0.4) is 0 Å². The summed E-state index contributed by atoms with van der Waals surface area (Å²) in [7, 11) is 1.59. The Morgan fingerprint density at radius 2 is 2.16 bits per heavy atom. The highest BCUT2D eigenvalue weighted by molar-refractivity contribution is 5.92. The number of methoxy groups -OCH3 is 1. The molecule has 0 atom stereocenters. The highest BCUT2D eigenvalue weighted by Crippen LogP contribution is 2.13. The monoisotopic (exact) mass is 417 g/mol. The topological polar surface area (TPSA) is 115 Å². The molecule has 0 radical (unpaired) electrons. The van der Waals surface area contributed by atoms with Gasteiger partial charge in [0, 0.05) is 26.5 Å². The van der Waals surface area contributed by atoms with Crippen LogP contribution in [0.4, 0.5) is 0 Å². The van der Waals surface area contributed by atoms with Crippen LogP contribution in [0.1, 0.15) is 28.1 Å². The van der Waals surface area contributed by atoms with E-state index in [1.165, 1.54) is 22.8 Å². The summed E-state index contributed by atoms with van der Waals surface area (Å²) >= 11 is 0. The lowest BCUT2D eigenvalue weighted by Crippen LogP contribution is -2.30. The lowest BCUT2D eigenvalue weighted by molar-refractivity contribution is 0.0970. The smallest absolute Gasteiger partial charge is 0.314 e. The molecule has 4 aromatic rings. The maximum Gasteiger partial charge on any atom is 0.314 e. The van der Waals surface area contributed by atoms with Gasteiger partial charge in [-0.25, -0.2) is 4.98 Å². The summed E-state index contributed by atoms with van der Waals surface area (Å²) in [5.74, 6) is -0.579. The Morgan fingerprint density at radius 1 is 1.32 bits per heavy atom. The second-order valence-electron chi connectivity index (χ2n) is 6.92. The van der Waals surface area contributed by atoms with Gasteiger partial charge in [-0.15, -0.1) is 0 Å². The molecule has 0 saturated carbocycles. The van der Waals surface area contributed by atoms with Crippen molar-refractivity contribution in [3.63, 3.8) is 0 Å². The molecular formula is C22H19N5O4. The zero-order chi connectivity index (χ0) is 22.0. The summed E-state index contributed by atoms with van der Waals surface area (Å²) < 4.78 is 13.4. The van der Waals surface area contributed by atoms with Crippen LogP contribution in [0.15, 0.2) is 57.0 Å². The number of ether oxygens (including phenoxy) is 1. The molecule has 0 fully saturated rings. The molecule has 31 heavy (non-hydrogen) atoms. The summed E-state index contributed by atoms with van der Waals surface area (Å²) in [6.07, 6.45) is 3.58. The quantitative estimate of drug-likeness (QED) is 0.363. The molecule has 9 nitrogen and oxygen atoms in total. The van der Waals surface area contributed by atoms with Crippen molar-refractivity contribution in [2.75, 3.05) is 13.7 Å². The maximum absolute atomic E-state index is 13.2. The number of rotatable bonds is 5. The molecular weight excluding hydrogens is 398 g/mol. The van der Waals surface area contributed by atoms with Gasteiger partial charge in [0.25, 0.3) is 5.56 Å². The number of carbonyl (C=O) groups is 1. The highest BCUT2D eigenvalue weighted by atomic mass is 16.5. The fourth-order valence-corrected chi connectivity index (χ4v) is 3.42. The average Bonchev–Trinajstić information content (AvgIpc) is 3.31. The summed E-state index contributed by atoms with van der Waals surface area (Å²) in [6, 6.07) is 10.2. The van der Waals surface area contributed by atoms with Gasteiger partial charge in [0.05, 0.1) is 17.2 Å². The lowest BCUT2D eigenvalue weighted by Gasteiger charge is -2.14. The minimum atomic E-state index is -0.630. The molecule has 4 heterocycles. The van der Waals surface area contributed by atoms with Crippen molar-refractivity contribution in [1.82, 2.24) is 14.0 Å². The molecule has 4 aromatic heterocycles. The van der Waals surface area contributed by atoms with Gasteiger partial charge >= 0.3 is 5.91 Å². The van der Waals surface area contributed by atoms with E-state index in [1.54, 1.807) is 30.0 Å². The number of aryl methyl sites for hydroxylation is 2. The third-order valence-corrected chi connectivity index (χ3v) is 4.90. The number of furan rings is 1. The third kappa shape index (κ3) is 3.65. The molecule has 0 bridgehead atoms. The predicted molar refractivity (Wildman–Crippen MR) is 112 cm³/mol. The molecule has 9 heteroatoms. The predicted octanol–water partition coefficient (Wildman–Crippen LogP) is 2.20. The second kappa shape index (κ2) is 8.38. The fourth-order valence-electron chi connectivity index (χ4n) is 3.42. The van der Waals surface area contributed by atoms with Gasteiger partial charge in [-0.2, -0.15) is 10.3 Å². The van der Waals surface area contributed by atoms with Crippen LogP contribution >= 0.6 is 0 Å². The van der Waals surface area contributed by atoms with Crippen LogP contribution in [0, 0.1) is 18.3 Å². The largest absolute Gasteiger partial charge is 0.459 e. The minimum Gasteiger partial charge on any atom is -0.459 e. The molecule has 0 aliphatic carbocycles. The van der Waals surface area contributed by atoms with Crippen molar-refractivity contribution in [1.29, 1.82) is 5.26 Å². The molecule has 0 aromatic carbocycles. The number of aromatic nitrogens is 3.